The molecule has 0 aromatic heterocycles. The molecular weight excluding hydrogens is 212 g/mol. The number of anilines is 1. The highest BCUT2D eigenvalue weighted by Crippen LogP contribution is 2.12. The second-order valence-electron chi connectivity index (χ2n) is 4.07. The van der Waals surface area contributed by atoms with Gasteiger partial charge in [-0.05, 0) is 44.0 Å². The average molecular weight is 232 g/mol. The number of carbonyl (C=O) groups is 1. The zero-order valence-corrected chi connectivity index (χ0v) is 10.5. The second-order valence-corrected chi connectivity index (χ2v) is 4.07. The van der Waals surface area contributed by atoms with Crippen molar-refractivity contribution in [2.75, 3.05) is 12.4 Å². The van der Waals surface area contributed by atoms with Crippen LogP contribution in [-0.4, -0.2) is 19.0 Å². The zero-order chi connectivity index (χ0) is 12.7. The van der Waals surface area contributed by atoms with Gasteiger partial charge in [0.1, 0.15) is 0 Å². The van der Waals surface area contributed by atoms with E-state index in [1.54, 1.807) is 7.05 Å². The van der Waals surface area contributed by atoms with Gasteiger partial charge in [-0.2, -0.15) is 0 Å². The SMILES string of the molecule is C=CCCC(C)Nc1ccc(C(=O)NC)cc1. The summed E-state index contributed by atoms with van der Waals surface area (Å²) in [5.74, 6) is -0.0590. The van der Waals surface area contributed by atoms with E-state index in [2.05, 4.69) is 24.1 Å². The van der Waals surface area contributed by atoms with Crippen LogP contribution >= 0.6 is 0 Å². The number of amides is 1. The first-order valence-electron chi connectivity index (χ1n) is 5.87. The normalized spacial score (nSPS) is 11.6. The molecule has 0 radical (unpaired) electrons. The van der Waals surface area contributed by atoms with E-state index in [0.717, 1.165) is 18.5 Å². The minimum Gasteiger partial charge on any atom is -0.383 e. The Morgan fingerprint density at radius 2 is 2.06 bits per heavy atom. The van der Waals surface area contributed by atoms with Gasteiger partial charge in [0.05, 0.1) is 0 Å². The van der Waals surface area contributed by atoms with Crippen molar-refractivity contribution in [2.45, 2.75) is 25.8 Å². The van der Waals surface area contributed by atoms with E-state index >= 15 is 0 Å². The van der Waals surface area contributed by atoms with Crippen molar-refractivity contribution >= 4 is 11.6 Å². The Kier molecular flexibility index (Phi) is 5.27. The minimum absolute atomic E-state index is 0.0590. The summed E-state index contributed by atoms with van der Waals surface area (Å²) < 4.78 is 0. The zero-order valence-electron chi connectivity index (χ0n) is 10.5. The van der Waals surface area contributed by atoms with Crippen LogP contribution < -0.4 is 10.6 Å². The van der Waals surface area contributed by atoms with Crippen LogP contribution in [0.5, 0.6) is 0 Å². The summed E-state index contributed by atoms with van der Waals surface area (Å²) >= 11 is 0. The van der Waals surface area contributed by atoms with Crippen LogP contribution in [0.3, 0.4) is 0 Å². The third kappa shape index (κ3) is 4.31. The summed E-state index contributed by atoms with van der Waals surface area (Å²) in [6, 6.07) is 7.89. The summed E-state index contributed by atoms with van der Waals surface area (Å²) in [4.78, 5) is 11.3. The van der Waals surface area contributed by atoms with Gasteiger partial charge in [0, 0.05) is 24.3 Å². The summed E-state index contributed by atoms with van der Waals surface area (Å²) in [5, 5.41) is 5.98. The maximum atomic E-state index is 11.3. The third-order valence-corrected chi connectivity index (χ3v) is 2.59. The molecule has 1 unspecified atom stereocenters. The number of allylic oxidation sites excluding steroid dienone is 1. The van der Waals surface area contributed by atoms with Gasteiger partial charge in [0.15, 0.2) is 0 Å². The molecule has 0 fully saturated rings. The van der Waals surface area contributed by atoms with Crippen LogP contribution in [0.15, 0.2) is 36.9 Å². The van der Waals surface area contributed by atoms with E-state index in [9.17, 15) is 4.79 Å². The van der Waals surface area contributed by atoms with Gasteiger partial charge < -0.3 is 10.6 Å². The molecule has 0 bridgehead atoms. The quantitative estimate of drug-likeness (QED) is 0.740. The fourth-order valence-corrected chi connectivity index (χ4v) is 1.59. The summed E-state index contributed by atoms with van der Waals surface area (Å²) in [6.07, 6.45) is 3.98. The van der Waals surface area contributed by atoms with Gasteiger partial charge in [-0.3, -0.25) is 4.79 Å². The van der Waals surface area contributed by atoms with E-state index in [1.807, 2.05) is 30.3 Å². The van der Waals surface area contributed by atoms with Crippen molar-refractivity contribution in [3.05, 3.63) is 42.5 Å². The Bertz CT molecular complexity index is 370. The Morgan fingerprint density at radius 3 is 2.59 bits per heavy atom. The molecule has 0 aliphatic rings. The maximum absolute atomic E-state index is 11.3. The lowest BCUT2D eigenvalue weighted by molar-refractivity contribution is 0.0963. The van der Waals surface area contributed by atoms with Gasteiger partial charge in [-0.25, -0.2) is 0 Å². The molecule has 0 spiro atoms. The number of rotatable bonds is 6. The Labute approximate surface area is 103 Å². The van der Waals surface area contributed by atoms with Crippen LogP contribution in [0, 0.1) is 0 Å². The highest BCUT2D eigenvalue weighted by molar-refractivity contribution is 5.94. The van der Waals surface area contributed by atoms with E-state index in [4.69, 9.17) is 0 Å². The van der Waals surface area contributed by atoms with Gasteiger partial charge in [-0.1, -0.05) is 6.08 Å². The Morgan fingerprint density at radius 1 is 1.41 bits per heavy atom. The topological polar surface area (TPSA) is 41.1 Å². The molecule has 3 heteroatoms. The smallest absolute Gasteiger partial charge is 0.251 e. The molecule has 1 atom stereocenters. The van der Waals surface area contributed by atoms with Crippen molar-refractivity contribution < 1.29 is 4.79 Å². The van der Waals surface area contributed by atoms with Crippen LogP contribution in [0.2, 0.25) is 0 Å². The molecule has 0 saturated carbocycles. The lowest BCUT2D eigenvalue weighted by atomic mass is 10.1. The molecule has 0 heterocycles. The van der Waals surface area contributed by atoms with Gasteiger partial charge in [-0.15, -0.1) is 6.58 Å². The van der Waals surface area contributed by atoms with Gasteiger partial charge in [0.2, 0.25) is 0 Å². The van der Waals surface area contributed by atoms with E-state index in [-0.39, 0.29) is 5.91 Å². The van der Waals surface area contributed by atoms with E-state index in [0.29, 0.717) is 11.6 Å². The molecule has 1 rings (SSSR count). The van der Waals surface area contributed by atoms with E-state index in [1.165, 1.54) is 0 Å². The number of benzene rings is 1. The molecule has 17 heavy (non-hydrogen) atoms. The number of carbonyl (C=O) groups excluding carboxylic acids is 1. The van der Waals surface area contributed by atoms with Crippen LogP contribution in [0.25, 0.3) is 0 Å². The van der Waals surface area contributed by atoms with Crippen molar-refractivity contribution in [2.24, 2.45) is 0 Å². The fraction of sp³-hybridized carbons (Fsp3) is 0.357. The minimum atomic E-state index is -0.0590. The second kappa shape index (κ2) is 6.74. The Balaban J connectivity index is 2.56. The first kappa shape index (κ1) is 13.3. The fourth-order valence-electron chi connectivity index (χ4n) is 1.59. The lowest BCUT2D eigenvalue weighted by Crippen LogP contribution is -2.18. The molecular formula is C14H20N2O. The monoisotopic (exact) mass is 232 g/mol. The molecule has 1 aromatic rings. The lowest BCUT2D eigenvalue weighted by Gasteiger charge is -2.14. The first-order chi connectivity index (χ1) is 8.17. The number of nitrogens with one attached hydrogen (secondary N) is 2. The van der Waals surface area contributed by atoms with Crippen molar-refractivity contribution in [1.82, 2.24) is 5.32 Å². The highest BCUT2D eigenvalue weighted by atomic mass is 16.1. The van der Waals surface area contributed by atoms with Crippen molar-refractivity contribution in [3.8, 4) is 0 Å². The Hall–Kier alpha value is -1.77. The molecule has 92 valence electrons. The predicted octanol–water partition coefficient (Wildman–Crippen LogP) is 2.81. The number of hydrogen-bond donors (Lipinski definition) is 2. The molecule has 0 saturated heterocycles. The van der Waals surface area contributed by atoms with Crippen molar-refractivity contribution in [3.63, 3.8) is 0 Å². The van der Waals surface area contributed by atoms with Crippen molar-refractivity contribution in [1.29, 1.82) is 0 Å². The van der Waals surface area contributed by atoms with Crippen LogP contribution in [0.4, 0.5) is 5.69 Å². The molecule has 1 aromatic carbocycles. The molecule has 0 aliphatic carbocycles. The predicted molar refractivity (Wildman–Crippen MR) is 72.3 cm³/mol. The molecule has 2 N–H and O–H groups in total. The molecule has 0 aliphatic heterocycles. The van der Waals surface area contributed by atoms with E-state index < -0.39 is 0 Å². The summed E-state index contributed by atoms with van der Waals surface area (Å²) in [6.45, 7) is 5.84. The van der Waals surface area contributed by atoms with Gasteiger partial charge in [0.25, 0.3) is 5.91 Å². The summed E-state index contributed by atoms with van der Waals surface area (Å²) in [5.41, 5.74) is 1.71. The number of hydrogen-bond acceptors (Lipinski definition) is 2. The third-order valence-electron chi connectivity index (χ3n) is 2.59. The average Bonchev–Trinajstić information content (AvgIpc) is 2.36. The summed E-state index contributed by atoms with van der Waals surface area (Å²) in [7, 11) is 1.63. The first-order valence-corrected chi connectivity index (χ1v) is 5.87. The maximum Gasteiger partial charge on any atom is 0.251 e. The molecule has 3 nitrogen and oxygen atoms in total. The highest BCUT2D eigenvalue weighted by Gasteiger charge is 2.04. The van der Waals surface area contributed by atoms with Crippen LogP contribution in [0.1, 0.15) is 30.1 Å². The van der Waals surface area contributed by atoms with Gasteiger partial charge >= 0.3 is 0 Å². The standard InChI is InChI=1S/C14H20N2O/c1-4-5-6-11(2)16-13-9-7-12(8-10-13)14(17)15-3/h4,7-11,16H,1,5-6H2,2-3H3,(H,15,17). The molecule has 1 amide bonds. The largest absolute Gasteiger partial charge is 0.383 e. The van der Waals surface area contributed by atoms with Crippen LogP contribution in [-0.2, 0) is 0 Å².